The van der Waals surface area contributed by atoms with Crippen molar-refractivity contribution in [3.63, 3.8) is 0 Å². The van der Waals surface area contributed by atoms with Crippen LogP contribution in [-0.4, -0.2) is 57.6 Å². The Labute approximate surface area is 196 Å². The lowest BCUT2D eigenvalue weighted by Gasteiger charge is -2.28. The molecule has 1 aliphatic heterocycles. The zero-order valence-corrected chi connectivity index (χ0v) is 18.9. The van der Waals surface area contributed by atoms with Gasteiger partial charge in [0.25, 0.3) is 5.56 Å². The summed E-state index contributed by atoms with van der Waals surface area (Å²) in [4.78, 5) is 29.3. The number of hydrogen-bond acceptors (Lipinski definition) is 8. The summed E-state index contributed by atoms with van der Waals surface area (Å²) < 4.78 is 8.61. The molecule has 0 amide bonds. The third-order valence-corrected chi connectivity index (χ3v) is 5.68. The average molecular weight is 459 g/mol. The Morgan fingerprint density at radius 1 is 1.15 bits per heavy atom. The molecule has 1 aromatic carbocycles. The first-order valence-corrected chi connectivity index (χ1v) is 11.1. The zero-order valence-electron chi connectivity index (χ0n) is 18.9. The van der Waals surface area contributed by atoms with E-state index in [1.54, 1.807) is 28.7 Å². The first kappa shape index (κ1) is 21.7. The fourth-order valence-electron chi connectivity index (χ4n) is 4.04. The molecule has 1 saturated heterocycles. The normalized spacial score (nSPS) is 13.7. The molecular weight excluding hydrogens is 432 g/mol. The molecule has 1 aliphatic rings. The van der Waals surface area contributed by atoms with Gasteiger partial charge in [-0.1, -0.05) is 18.2 Å². The van der Waals surface area contributed by atoms with E-state index in [9.17, 15) is 4.79 Å². The van der Waals surface area contributed by atoms with Gasteiger partial charge in [-0.2, -0.15) is 4.98 Å². The number of ether oxygens (including phenoxy) is 1. The molecule has 0 unspecified atom stereocenters. The molecule has 4 aromatic rings. The number of piperazine rings is 1. The lowest BCUT2D eigenvalue weighted by atomic mass is 10.3. The molecule has 4 heterocycles. The van der Waals surface area contributed by atoms with Gasteiger partial charge >= 0.3 is 0 Å². The van der Waals surface area contributed by atoms with Crippen LogP contribution in [0.2, 0.25) is 0 Å². The smallest absolute Gasteiger partial charge is 0.278 e. The van der Waals surface area contributed by atoms with Gasteiger partial charge in [-0.05, 0) is 24.3 Å². The molecule has 0 spiro atoms. The number of pyridine rings is 1. The number of benzene rings is 1. The number of nitrogens with one attached hydrogen (secondary N) is 2. The molecule has 2 N–H and O–H groups in total. The molecule has 1 fully saturated rings. The lowest BCUT2D eigenvalue weighted by Crippen LogP contribution is -2.44. The third-order valence-electron chi connectivity index (χ3n) is 5.68. The van der Waals surface area contributed by atoms with Gasteiger partial charge in [-0.25, -0.2) is 19.3 Å². The number of hydrogen-bond donors (Lipinski definition) is 2. The van der Waals surface area contributed by atoms with Gasteiger partial charge < -0.3 is 20.3 Å². The second kappa shape index (κ2) is 9.36. The minimum atomic E-state index is -0.197. The molecule has 0 bridgehead atoms. The Morgan fingerprint density at radius 3 is 2.74 bits per heavy atom. The van der Waals surface area contributed by atoms with E-state index in [4.69, 9.17) is 9.72 Å². The Balaban J connectivity index is 1.61. The van der Waals surface area contributed by atoms with E-state index in [1.807, 2.05) is 42.5 Å². The van der Waals surface area contributed by atoms with Crippen molar-refractivity contribution in [1.82, 2.24) is 29.6 Å². The van der Waals surface area contributed by atoms with Crippen LogP contribution in [0.15, 0.2) is 66.1 Å². The van der Waals surface area contributed by atoms with Gasteiger partial charge in [0, 0.05) is 44.1 Å². The summed E-state index contributed by atoms with van der Waals surface area (Å²) in [5, 5.41) is 6.95. The fraction of sp³-hybridized carbons (Fsp3) is 0.250. The van der Waals surface area contributed by atoms with Crippen molar-refractivity contribution >= 4 is 28.5 Å². The summed E-state index contributed by atoms with van der Waals surface area (Å²) in [6.07, 6.45) is 3.23. The van der Waals surface area contributed by atoms with Gasteiger partial charge in [-0.3, -0.25) is 4.79 Å². The molecule has 5 rings (SSSR count). The van der Waals surface area contributed by atoms with Crippen molar-refractivity contribution in [1.29, 1.82) is 0 Å². The summed E-state index contributed by atoms with van der Waals surface area (Å²) >= 11 is 0. The maximum absolute atomic E-state index is 13.2. The van der Waals surface area contributed by atoms with Gasteiger partial charge in [0.2, 0.25) is 5.95 Å². The highest BCUT2D eigenvalue weighted by atomic mass is 16.5. The number of rotatable bonds is 7. The number of methoxy groups -OCH3 is 1. The molecule has 0 aliphatic carbocycles. The summed E-state index contributed by atoms with van der Waals surface area (Å²) in [6, 6.07) is 13.3. The van der Waals surface area contributed by atoms with Crippen LogP contribution in [0.1, 0.15) is 0 Å². The van der Waals surface area contributed by atoms with Crippen molar-refractivity contribution in [2.75, 3.05) is 43.5 Å². The molecule has 0 saturated carbocycles. The number of nitrogens with zero attached hydrogens (tertiary/aromatic N) is 6. The van der Waals surface area contributed by atoms with Crippen molar-refractivity contribution in [3.8, 4) is 11.6 Å². The van der Waals surface area contributed by atoms with Crippen molar-refractivity contribution in [3.05, 3.63) is 71.7 Å². The predicted molar refractivity (Wildman–Crippen MR) is 132 cm³/mol. The maximum Gasteiger partial charge on any atom is 0.278 e. The second-order valence-electron chi connectivity index (χ2n) is 7.87. The molecule has 0 radical (unpaired) electrons. The standard InChI is InChI=1S/C24H26N8O2/c1-3-12-31-23(33)19-16-26-24(27-17-6-4-7-18(15-17)34-2)29-22(19)32(31)21-9-5-8-20(28-21)30-13-10-25-11-14-30/h3-9,15-16,25H,1,10-14H2,2H3,(H,26,27,29). The van der Waals surface area contributed by atoms with Crippen LogP contribution < -0.4 is 25.8 Å². The van der Waals surface area contributed by atoms with E-state index in [1.165, 1.54) is 0 Å². The number of aromatic nitrogens is 5. The molecule has 10 nitrogen and oxygen atoms in total. The van der Waals surface area contributed by atoms with Crippen LogP contribution in [0.5, 0.6) is 5.75 Å². The number of anilines is 3. The van der Waals surface area contributed by atoms with E-state index >= 15 is 0 Å². The van der Waals surface area contributed by atoms with Crippen LogP contribution in [0.4, 0.5) is 17.5 Å². The largest absolute Gasteiger partial charge is 0.497 e. The highest BCUT2D eigenvalue weighted by molar-refractivity contribution is 5.77. The Hall–Kier alpha value is -4.18. The molecular formula is C24H26N8O2. The van der Waals surface area contributed by atoms with Crippen LogP contribution in [-0.2, 0) is 6.54 Å². The van der Waals surface area contributed by atoms with Crippen molar-refractivity contribution in [2.24, 2.45) is 0 Å². The fourth-order valence-corrected chi connectivity index (χ4v) is 4.04. The summed E-state index contributed by atoms with van der Waals surface area (Å²) in [7, 11) is 1.62. The van der Waals surface area contributed by atoms with Gasteiger partial charge in [0.15, 0.2) is 11.5 Å². The summed E-state index contributed by atoms with van der Waals surface area (Å²) in [6.45, 7) is 7.69. The zero-order chi connectivity index (χ0) is 23.5. The first-order chi connectivity index (χ1) is 16.7. The van der Waals surface area contributed by atoms with Crippen molar-refractivity contribution < 1.29 is 4.74 Å². The molecule has 174 valence electrons. The SMILES string of the molecule is C=CCn1c(=O)c2cnc(Nc3cccc(OC)c3)nc2n1-c1cccc(N2CCNCC2)n1. The molecule has 3 aromatic heterocycles. The van der Waals surface area contributed by atoms with E-state index < -0.39 is 0 Å². The highest BCUT2D eigenvalue weighted by Crippen LogP contribution is 2.22. The van der Waals surface area contributed by atoms with Gasteiger partial charge in [0.05, 0.1) is 13.7 Å². The Kier molecular flexibility index (Phi) is 5.96. The number of fused-ring (bicyclic) bond motifs is 1. The molecule has 0 atom stereocenters. The minimum absolute atomic E-state index is 0.197. The third kappa shape index (κ3) is 4.11. The molecule has 34 heavy (non-hydrogen) atoms. The van der Waals surface area contributed by atoms with Crippen LogP contribution in [0.25, 0.3) is 16.9 Å². The van der Waals surface area contributed by atoms with Crippen LogP contribution >= 0.6 is 0 Å². The van der Waals surface area contributed by atoms with Gasteiger partial charge in [0.1, 0.15) is 17.0 Å². The average Bonchev–Trinajstić information content (AvgIpc) is 3.15. The number of allylic oxidation sites excluding steroid dienone is 1. The van der Waals surface area contributed by atoms with Gasteiger partial charge in [-0.15, -0.1) is 6.58 Å². The monoisotopic (exact) mass is 458 g/mol. The quantitative estimate of drug-likeness (QED) is 0.407. The Morgan fingerprint density at radius 2 is 1.94 bits per heavy atom. The minimum Gasteiger partial charge on any atom is -0.497 e. The first-order valence-electron chi connectivity index (χ1n) is 11.1. The maximum atomic E-state index is 13.2. The highest BCUT2D eigenvalue weighted by Gasteiger charge is 2.19. The molecule has 10 heteroatoms. The summed E-state index contributed by atoms with van der Waals surface area (Å²) in [5.74, 6) is 2.55. The van der Waals surface area contributed by atoms with Crippen LogP contribution in [0.3, 0.4) is 0 Å². The van der Waals surface area contributed by atoms with E-state index in [0.717, 1.165) is 37.7 Å². The lowest BCUT2D eigenvalue weighted by molar-refractivity contribution is 0.415. The van der Waals surface area contributed by atoms with Crippen molar-refractivity contribution in [2.45, 2.75) is 6.54 Å². The Bertz CT molecular complexity index is 1390. The summed E-state index contributed by atoms with van der Waals surface area (Å²) in [5.41, 5.74) is 1.05. The van der Waals surface area contributed by atoms with E-state index in [2.05, 4.69) is 32.1 Å². The van der Waals surface area contributed by atoms with Crippen LogP contribution in [0, 0.1) is 0 Å². The predicted octanol–water partition coefficient (Wildman–Crippen LogP) is 2.33. The second-order valence-corrected chi connectivity index (χ2v) is 7.87. The topological polar surface area (TPSA) is 102 Å². The van der Waals surface area contributed by atoms with E-state index in [-0.39, 0.29) is 5.56 Å². The van der Waals surface area contributed by atoms with E-state index in [0.29, 0.717) is 35.1 Å².